The van der Waals surface area contributed by atoms with Crippen molar-refractivity contribution in [3.8, 4) is 5.75 Å². The fraction of sp³-hybridized carbons (Fsp3) is 0.467. The van der Waals surface area contributed by atoms with Gasteiger partial charge in [0.15, 0.2) is 6.61 Å². The lowest BCUT2D eigenvalue weighted by atomic mass is 9.96. The highest BCUT2D eigenvalue weighted by Crippen LogP contribution is 2.19. The number of hydrogen-bond donors (Lipinski definition) is 3. The van der Waals surface area contributed by atoms with Gasteiger partial charge in [-0.15, -0.1) is 0 Å². The van der Waals surface area contributed by atoms with Gasteiger partial charge in [-0.25, -0.2) is 0 Å². The van der Waals surface area contributed by atoms with Gasteiger partial charge in [0.05, 0.1) is 5.54 Å². The third-order valence-corrected chi connectivity index (χ3v) is 3.03. The zero-order chi connectivity index (χ0) is 15.9. The lowest BCUT2D eigenvalue weighted by Gasteiger charge is -2.23. The van der Waals surface area contributed by atoms with Crippen LogP contribution in [0.3, 0.4) is 0 Å². The number of rotatable bonds is 7. The molecule has 0 radical (unpaired) electrons. The van der Waals surface area contributed by atoms with E-state index in [4.69, 9.17) is 10.5 Å². The lowest BCUT2D eigenvalue weighted by molar-refractivity contribution is -0.122. The average Bonchev–Trinajstić information content (AvgIpc) is 2.45. The van der Waals surface area contributed by atoms with Crippen LogP contribution in [0.1, 0.15) is 26.7 Å². The molecule has 0 bridgehead atoms. The summed E-state index contributed by atoms with van der Waals surface area (Å²) in [4.78, 5) is 23.2. The van der Waals surface area contributed by atoms with Crippen molar-refractivity contribution >= 4 is 17.5 Å². The predicted octanol–water partition coefficient (Wildman–Crippen LogP) is 1.27. The van der Waals surface area contributed by atoms with Crippen LogP contribution in [0.5, 0.6) is 5.75 Å². The van der Waals surface area contributed by atoms with Crippen LogP contribution in [-0.2, 0) is 9.59 Å². The van der Waals surface area contributed by atoms with E-state index in [0.29, 0.717) is 17.9 Å². The number of ether oxygens (including phenoxy) is 1. The van der Waals surface area contributed by atoms with E-state index in [2.05, 4.69) is 10.6 Å². The fourth-order valence-corrected chi connectivity index (χ4v) is 1.79. The minimum atomic E-state index is -0.909. The standard InChI is InChI=1S/C15H23N3O3/c1-4-8-15(2,16)14(20)18-11-6-5-7-12(9-11)21-10-13(19)17-3/h5-7,9H,4,8,10,16H2,1-3H3,(H,17,19)(H,18,20). The Balaban J connectivity index is 2.68. The van der Waals surface area contributed by atoms with Crippen molar-refractivity contribution in [2.45, 2.75) is 32.2 Å². The maximum Gasteiger partial charge on any atom is 0.257 e. The first kappa shape index (κ1) is 17.0. The summed E-state index contributed by atoms with van der Waals surface area (Å²) in [5, 5.41) is 5.23. The van der Waals surface area contributed by atoms with Crippen molar-refractivity contribution in [1.29, 1.82) is 0 Å². The zero-order valence-corrected chi connectivity index (χ0v) is 12.7. The first-order chi connectivity index (χ1) is 9.89. The van der Waals surface area contributed by atoms with Crippen LogP contribution in [-0.4, -0.2) is 31.0 Å². The van der Waals surface area contributed by atoms with E-state index < -0.39 is 5.54 Å². The number of hydrogen-bond acceptors (Lipinski definition) is 4. The molecule has 6 heteroatoms. The Labute approximate surface area is 125 Å². The maximum atomic E-state index is 12.1. The Kier molecular flexibility index (Phi) is 6.17. The first-order valence-corrected chi connectivity index (χ1v) is 6.93. The number of carbonyl (C=O) groups excluding carboxylic acids is 2. The van der Waals surface area contributed by atoms with Gasteiger partial charge in [0, 0.05) is 18.8 Å². The Morgan fingerprint density at radius 1 is 1.38 bits per heavy atom. The molecule has 0 spiro atoms. The van der Waals surface area contributed by atoms with E-state index in [1.165, 1.54) is 7.05 Å². The van der Waals surface area contributed by atoms with Gasteiger partial charge in [0.2, 0.25) is 5.91 Å². The van der Waals surface area contributed by atoms with Crippen molar-refractivity contribution < 1.29 is 14.3 Å². The van der Waals surface area contributed by atoms with Crippen molar-refractivity contribution in [3.63, 3.8) is 0 Å². The van der Waals surface area contributed by atoms with Gasteiger partial charge in [-0.2, -0.15) is 0 Å². The molecule has 0 saturated carbocycles. The molecule has 2 amide bonds. The molecular weight excluding hydrogens is 270 g/mol. The summed E-state index contributed by atoms with van der Waals surface area (Å²) in [6, 6.07) is 6.85. The molecule has 21 heavy (non-hydrogen) atoms. The number of likely N-dealkylation sites (N-methyl/N-ethyl adjacent to an activating group) is 1. The third kappa shape index (κ3) is 5.43. The monoisotopic (exact) mass is 293 g/mol. The highest BCUT2D eigenvalue weighted by atomic mass is 16.5. The minimum absolute atomic E-state index is 0.0711. The van der Waals surface area contributed by atoms with Crippen molar-refractivity contribution in [1.82, 2.24) is 5.32 Å². The number of nitrogens with two attached hydrogens (primary N) is 1. The summed E-state index contributed by atoms with van der Waals surface area (Å²) in [5.74, 6) is 0.0420. The van der Waals surface area contributed by atoms with E-state index in [1.807, 2.05) is 6.92 Å². The summed E-state index contributed by atoms with van der Waals surface area (Å²) in [7, 11) is 1.54. The second-order valence-electron chi connectivity index (χ2n) is 5.11. The molecule has 1 rings (SSSR count). The molecule has 4 N–H and O–H groups in total. The third-order valence-electron chi connectivity index (χ3n) is 3.03. The van der Waals surface area contributed by atoms with Crippen molar-refractivity contribution in [2.75, 3.05) is 19.0 Å². The Morgan fingerprint density at radius 3 is 2.71 bits per heavy atom. The van der Waals surface area contributed by atoms with Crippen LogP contribution < -0.4 is 21.1 Å². The topological polar surface area (TPSA) is 93.5 Å². The van der Waals surface area contributed by atoms with E-state index in [0.717, 1.165) is 6.42 Å². The Hall–Kier alpha value is -2.08. The maximum absolute atomic E-state index is 12.1. The molecule has 1 aromatic rings. The van der Waals surface area contributed by atoms with Gasteiger partial charge in [-0.05, 0) is 25.5 Å². The molecule has 0 aromatic heterocycles. The largest absolute Gasteiger partial charge is 0.484 e. The fourth-order valence-electron chi connectivity index (χ4n) is 1.79. The second-order valence-corrected chi connectivity index (χ2v) is 5.11. The van der Waals surface area contributed by atoms with Gasteiger partial charge in [0.25, 0.3) is 5.91 Å². The Bertz CT molecular complexity index is 501. The van der Waals surface area contributed by atoms with E-state index in [-0.39, 0.29) is 18.4 Å². The average molecular weight is 293 g/mol. The van der Waals surface area contributed by atoms with Crippen LogP contribution in [0.2, 0.25) is 0 Å². The van der Waals surface area contributed by atoms with E-state index >= 15 is 0 Å². The number of benzene rings is 1. The molecule has 116 valence electrons. The quantitative estimate of drug-likeness (QED) is 0.705. The molecule has 0 aliphatic carbocycles. The molecule has 1 aromatic carbocycles. The number of anilines is 1. The van der Waals surface area contributed by atoms with Crippen LogP contribution >= 0.6 is 0 Å². The van der Waals surface area contributed by atoms with E-state index in [9.17, 15) is 9.59 Å². The zero-order valence-electron chi connectivity index (χ0n) is 12.7. The molecule has 6 nitrogen and oxygen atoms in total. The van der Waals surface area contributed by atoms with Crippen LogP contribution in [0.25, 0.3) is 0 Å². The summed E-state index contributed by atoms with van der Waals surface area (Å²) in [6.07, 6.45) is 1.43. The SMILES string of the molecule is CCCC(C)(N)C(=O)Nc1cccc(OCC(=O)NC)c1. The highest BCUT2D eigenvalue weighted by Gasteiger charge is 2.27. The summed E-state index contributed by atoms with van der Waals surface area (Å²) < 4.78 is 5.32. The predicted molar refractivity (Wildman–Crippen MR) is 82.1 cm³/mol. The van der Waals surface area contributed by atoms with Crippen LogP contribution in [0.15, 0.2) is 24.3 Å². The molecule has 0 saturated heterocycles. The van der Waals surface area contributed by atoms with E-state index in [1.54, 1.807) is 31.2 Å². The summed E-state index contributed by atoms with van der Waals surface area (Å²) in [6.45, 7) is 3.61. The molecular formula is C15H23N3O3. The summed E-state index contributed by atoms with van der Waals surface area (Å²) >= 11 is 0. The van der Waals surface area contributed by atoms with Gasteiger partial charge >= 0.3 is 0 Å². The normalized spacial score (nSPS) is 13.1. The first-order valence-electron chi connectivity index (χ1n) is 6.93. The summed E-state index contributed by atoms with van der Waals surface area (Å²) in [5.41, 5.74) is 5.65. The Morgan fingerprint density at radius 2 is 2.10 bits per heavy atom. The molecule has 0 heterocycles. The van der Waals surface area contributed by atoms with Crippen molar-refractivity contribution in [3.05, 3.63) is 24.3 Å². The van der Waals surface area contributed by atoms with Crippen LogP contribution in [0.4, 0.5) is 5.69 Å². The molecule has 0 fully saturated rings. The van der Waals surface area contributed by atoms with Gasteiger partial charge in [0.1, 0.15) is 5.75 Å². The molecule has 0 aliphatic rings. The minimum Gasteiger partial charge on any atom is -0.484 e. The number of nitrogens with one attached hydrogen (secondary N) is 2. The van der Waals surface area contributed by atoms with Crippen molar-refractivity contribution in [2.24, 2.45) is 5.73 Å². The number of amides is 2. The van der Waals surface area contributed by atoms with Gasteiger partial charge in [-0.1, -0.05) is 19.4 Å². The lowest BCUT2D eigenvalue weighted by Crippen LogP contribution is -2.48. The smallest absolute Gasteiger partial charge is 0.257 e. The number of carbonyl (C=O) groups is 2. The van der Waals surface area contributed by atoms with Crippen LogP contribution in [0, 0.1) is 0 Å². The molecule has 1 unspecified atom stereocenters. The highest BCUT2D eigenvalue weighted by molar-refractivity contribution is 5.97. The van der Waals surface area contributed by atoms with Gasteiger partial charge < -0.3 is 21.1 Å². The van der Waals surface area contributed by atoms with Gasteiger partial charge in [-0.3, -0.25) is 9.59 Å². The molecule has 1 atom stereocenters. The molecule has 0 aliphatic heterocycles. The second kappa shape index (κ2) is 7.64.